The average molecular weight is 320 g/mol. The van der Waals surface area contributed by atoms with Gasteiger partial charge in [0.2, 0.25) is 0 Å². The fourth-order valence-corrected chi connectivity index (χ4v) is 0. The molecule has 0 aliphatic rings. The van der Waals surface area contributed by atoms with Gasteiger partial charge in [-0.3, -0.25) is 0 Å². The van der Waals surface area contributed by atoms with Crippen LogP contribution in [0.15, 0.2) is 0 Å². The van der Waals surface area contributed by atoms with Gasteiger partial charge >= 0.3 is 29.2 Å². The van der Waals surface area contributed by atoms with E-state index >= 15 is 0 Å². The van der Waals surface area contributed by atoms with Crippen molar-refractivity contribution in [1.29, 1.82) is 0 Å². The van der Waals surface area contributed by atoms with Crippen molar-refractivity contribution in [3.8, 4) is 0 Å². The van der Waals surface area contributed by atoms with E-state index in [4.69, 9.17) is 0 Å². The Kier molecular flexibility index (Phi) is 6550. The van der Waals surface area contributed by atoms with Crippen molar-refractivity contribution in [1.82, 2.24) is 0 Å². The molecule has 0 unspecified atom stereocenters. The van der Waals surface area contributed by atoms with Crippen LogP contribution in [0.4, 0.5) is 0 Å². The zero-order valence-electron chi connectivity index (χ0n) is 1.92. The number of hydrogen-bond donors (Lipinski definition) is 0. The fourth-order valence-electron chi connectivity index (χ4n) is 0. The molecule has 0 aromatic heterocycles. The van der Waals surface area contributed by atoms with Crippen LogP contribution in [0.5, 0.6) is 0 Å². The number of halogens is 4. The molecule has 34 valence electrons. The molecule has 0 radical (unpaired) electrons. The van der Waals surface area contributed by atoms with Gasteiger partial charge in [-0.05, 0) is 0 Å². The molecule has 0 fully saturated rings. The van der Waals surface area contributed by atoms with E-state index in [1.807, 2.05) is 0 Å². The smallest absolute Gasteiger partial charge is 1.00 e. The second kappa shape index (κ2) is 129. The molecule has 0 N–H and O–H groups in total. The first-order valence-corrected chi connectivity index (χ1v) is 0. The van der Waals surface area contributed by atoms with Crippen molar-refractivity contribution >= 4 is 0 Å². The van der Waals surface area contributed by atoms with Crippen molar-refractivity contribution in [2.45, 2.75) is 0 Å². The molecule has 0 aliphatic heterocycles. The van der Waals surface area contributed by atoms with E-state index in [0.29, 0.717) is 0 Å². The summed E-state index contributed by atoms with van der Waals surface area (Å²) in [7, 11) is 0. The maximum absolute atomic E-state index is 0. The van der Waals surface area contributed by atoms with Gasteiger partial charge in [-0.25, -0.2) is 0 Å². The van der Waals surface area contributed by atoms with Crippen LogP contribution in [0, 0.1) is 29.2 Å². The van der Waals surface area contributed by atoms with E-state index in [2.05, 4.69) is 0 Å². The minimum Gasteiger partial charge on any atom is -1.00 e. The molecule has 0 nitrogen and oxygen atoms in total. The molecule has 0 spiro atoms. The molecule has 0 amide bonds. The molecule has 5 heavy (non-hydrogen) atoms. The summed E-state index contributed by atoms with van der Waals surface area (Å²) in [5.74, 6) is 0. The molecule has 0 heterocycles. The van der Waals surface area contributed by atoms with Crippen LogP contribution in [-0.2, 0) is 0 Å². The molecule has 0 aliphatic carbocycles. The zero-order chi connectivity index (χ0) is 0. The molecule has 0 atom stereocenters. The minimum absolute atomic E-state index is 0. The Morgan fingerprint density at radius 2 is 0.400 bits per heavy atom. The van der Waals surface area contributed by atoms with Gasteiger partial charge in [0.1, 0.15) is 0 Å². The Morgan fingerprint density at radius 1 is 0.400 bits per heavy atom. The first-order valence-electron chi connectivity index (χ1n) is 0. The van der Waals surface area contributed by atoms with Gasteiger partial charge in [-0.2, -0.15) is 0 Å². The van der Waals surface area contributed by atoms with Crippen molar-refractivity contribution in [3.63, 3.8) is 0 Å². The molecular formula is F4Pu. The summed E-state index contributed by atoms with van der Waals surface area (Å²) in [5.41, 5.74) is 0. The number of rotatable bonds is 0. The van der Waals surface area contributed by atoms with Crippen LogP contribution < -0.4 is 18.8 Å². The monoisotopic (exact) mass is 314 g/mol. The van der Waals surface area contributed by atoms with Gasteiger partial charge in [-0.15, -0.1) is 0 Å². The van der Waals surface area contributed by atoms with E-state index in [1.54, 1.807) is 0 Å². The van der Waals surface area contributed by atoms with Crippen molar-refractivity contribution in [2.75, 3.05) is 0 Å². The topological polar surface area (TPSA) is 0 Å². The molecule has 0 saturated carbocycles. The molecule has 0 saturated heterocycles. The third kappa shape index (κ3) is 69.0. The van der Waals surface area contributed by atoms with Crippen LogP contribution in [0.2, 0.25) is 0 Å². The van der Waals surface area contributed by atoms with Gasteiger partial charge in [0, 0.05) is 0 Å². The summed E-state index contributed by atoms with van der Waals surface area (Å²) in [6.45, 7) is 0. The van der Waals surface area contributed by atoms with Crippen LogP contribution in [0.3, 0.4) is 0 Å². The Bertz CT molecular complexity index is 3.61. The normalized spacial score (nSPS) is 0. The molecular weight excluding hydrogens is 320 g/mol. The average Bonchev–Trinajstić information content (AvgIpc) is 0. The molecule has 0 aromatic rings. The number of hydrogen-bond acceptors (Lipinski definition) is 0. The zero-order valence-corrected chi connectivity index (χ0v) is 5.32. The third-order valence-corrected chi connectivity index (χ3v) is 0. The Labute approximate surface area is 48.3 Å². The van der Waals surface area contributed by atoms with Gasteiger partial charge in [0.15, 0.2) is 0 Å². The van der Waals surface area contributed by atoms with E-state index in [-0.39, 0.29) is 48.0 Å². The minimum atomic E-state index is 0. The van der Waals surface area contributed by atoms with Crippen molar-refractivity contribution < 1.29 is 48.0 Å². The predicted molar refractivity (Wildman–Crippen MR) is 0 cm³/mol. The van der Waals surface area contributed by atoms with E-state index in [1.165, 1.54) is 0 Å². The third-order valence-electron chi connectivity index (χ3n) is 0. The summed E-state index contributed by atoms with van der Waals surface area (Å²) in [6.07, 6.45) is 0. The summed E-state index contributed by atoms with van der Waals surface area (Å²) in [6, 6.07) is 0. The Morgan fingerprint density at radius 3 is 0.400 bits per heavy atom. The second-order valence-electron chi connectivity index (χ2n) is 0. The predicted octanol–water partition coefficient (Wildman–Crippen LogP) is -12.0. The van der Waals surface area contributed by atoms with Crippen LogP contribution >= 0.6 is 0 Å². The van der Waals surface area contributed by atoms with Crippen LogP contribution in [0.1, 0.15) is 0 Å². The van der Waals surface area contributed by atoms with Crippen molar-refractivity contribution in [2.24, 2.45) is 0 Å². The van der Waals surface area contributed by atoms with Gasteiger partial charge in [0.25, 0.3) is 0 Å². The standard InChI is InChI=1S/4FH.Pu/h4*1H;/q;;;;+4/p-4. The summed E-state index contributed by atoms with van der Waals surface area (Å²) in [4.78, 5) is 0. The first-order chi connectivity index (χ1) is 0. The molecule has 0 aromatic carbocycles. The SMILES string of the molecule is [F-].[F-].[F-].[F-].[Pu+4]. The van der Waals surface area contributed by atoms with Crippen LogP contribution in [0.25, 0.3) is 0 Å². The van der Waals surface area contributed by atoms with E-state index in [0.717, 1.165) is 0 Å². The van der Waals surface area contributed by atoms with E-state index in [9.17, 15) is 0 Å². The van der Waals surface area contributed by atoms with Gasteiger partial charge in [0.05, 0.1) is 0 Å². The summed E-state index contributed by atoms with van der Waals surface area (Å²) in [5, 5.41) is 0. The summed E-state index contributed by atoms with van der Waals surface area (Å²) < 4.78 is 0. The first kappa shape index (κ1) is 253. The Hall–Kier alpha value is 0.707. The quantitative estimate of drug-likeness (QED) is 0.389. The summed E-state index contributed by atoms with van der Waals surface area (Å²) >= 11 is 0. The Balaban J connectivity index is 0. The maximum Gasteiger partial charge on any atom is 4.00 e. The van der Waals surface area contributed by atoms with E-state index < -0.39 is 0 Å². The molecule has 0 bridgehead atoms. The van der Waals surface area contributed by atoms with Crippen LogP contribution in [-0.4, -0.2) is 0 Å². The van der Waals surface area contributed by atoms with Gasteiger partial charge < -0.3 is 18.8 Å². The largest absolute Gasteiger partial charge is 4.00 e. The van der Waals surface area contributed by atoms with Crippen molar-refractivity contribution in [3.05, 3.63) is 0 Å². The van der Waals surface area contributed by atoms with Gasteiger partial charge in [-0.1, -0.05) is 0 Å². The molecule has 5 heteroatoms. The fraction of sp³-hybridized carbons (Fsp3) is 0. The maximum atomic E-state index is 0. The molecule has 0 rings (SSSR count). The second-order valence-corrected chi connectivity index (χ2v) is 0.